The second-order valence-corrected chi connectivity index (χ2v) is 4.98. The van der Waals surface area contributed by atoms with Gasteiger partial charge in [-0.25, -0.2) is 0 Å². The summed E-state index contributed by atoms with van der Waals surface area (Å²) in [5, 5.41) is 0. The molecule has 0 amide bonds. The highest BCUT2D eigenvalue weighted by Gasteiger charge is 2.18. The first kappa shape index (κ1) is 12.5. The lowest BCUT2D eigenvalue weighted by Crippen LogP contribution is -2.31. The number of hydrogen-bond donors (Lipinski definition) is 1. The zero-order valence-corrected chi connectivity index (χ0v) is 9.89. The molecule has 0 heterocycles. The van der Waals surface area contributed by atoms with Gasteiger partial charge in [0.25, 0.3) is 0 Å². The van der Waals surface area contributed by atoms with Crippen LogP contribution in [0.15, 0.2) is 4.99 Å². The summed E-state index contributed by atoms with van der Waals surface area (Å²) < 4.78 is 0. The first-order valence-electron chi connectivity index (χ1n) is 5.12. The van der Waals surface area contributed by atoms with E-state index in [-0.39, 0.29) is 5.41 Å². The molecule has 0 aliphatic carbocycles. The van der Waals surface area contributed by atoms with Crippen LogP contribution in [0.5, 0.6) is 0 Å². The van der Waals surface area contributed by atoms with Gasteiger partial charge in [0.1, 0.15) is 0 Å². The largest absolute Gasteiger partial charge is 0.387 e. The van der Waals surface area contributed by atoms with Crippen molar-refractivity contribution < 1.29 is 0 Å². The molecule has 2 N–H and O–H groups in total. The minimum atomic E-state index is 0.00229. The Kier molecular flexibility index (Phi) is 4.45. The van der Waals surface area contributed by atoms with Gasteiger partial charge in [0.2, 0.25) is 0 Å². The molecule has 0 saturated carbocycles. The average Bonchev–Trinajstić information content (AvgIpc) is 1.96. The third kappa shape index (κ3) is 4.30. The molecule has 0 rings (SSSR count). The van der Waals surface area contributed by atoms with Crippen LogP contribution in [0.3, 0.4) is 0 Å². The van der Waals surface area contributed by atoms with Gasteiger partial charge in [-0.2, -0.15) is 0 Å². The fourth-order valence-electron chi connectivity index (χ4n) is 1.08. The van der Waals surface area contributed by atoms with Gasteiger partial charge < -0.3 is 5.73 Å². The van der Waals surface area contributed by atoms with Gasteiger partial charge in [-0.3, -0.25) is 4.99 Å². The molecule has 0 saturated heterocycles. The van der Waals surface area contributed by atoms with Crippen LogP contribution >= 0.6 is 0 Å². The van der Waals surface area contributed by atoms with E-state index in [9.17, 15) is 0 Å². The maximum Gasteiger partial charge on any atom is 0.0994 e. The summed E-state index contributed by atoms with van der Waals surface area (Å²) in [7, 11) is 0. The van der Waals surface area contributed by atoms with Gasteiger partial charge in [0, 0.05) is 5.41 Å². The fraction of sp³-hybridized carbons (Fsp3) is 0.909. The van der Waals surface area contributed by atoms with Crippen molar-refractivity contribution in [2.75, 3.05) is 0 Å². The molecule has 0 bridgehead atoms. The van der Waals surface area contributed by atoms with Crippen molar-refractivity contribution in [3.05, 3.63) is 0 Å². The topological polar surface area (TPSA) is 38.4 Å². The summed E-state index contributed by atoms with van der Waals surface area (Å²) >= 11 is 0. The molecule has 0 aromatic rings. The van der Waals surface area contributed by atoms with E-state index in [1.54, 1.807) is 0 Å². The number of aliphatic imine (C=N–C) groups is 1. The summed E-state index contributed by atoms with van der Waals surface area (Å²) in [4.78, 5) is 4.56. The Morgan fingerprint density at radius 2 is 1.77 bits per heavy atom. The van der Waals surface area contributed by atoms with E-state index in [4.69, 9.17) is 5.73 Å². The fourth-order valence-corrected chi connectivity index (χ4v) is 1.08. The van der Waals surface area contributed by atoms with Crippen LogP contribution in [-0.2, 0) is 0 Å². The van der Waals surface area contributed by atoms with E-state index in [1.165, 1.54) is 0 Å². The van der Waals surface area contributed by atoms with Crippen molar-refractivity contribution in [1.82, 2.24) is 0 Å². The van der Waals surface area contributed by atoms with E-state index < -0.39 is 0 Å². The Balaban J connectivity index is 4.52. The van der Waals surface area contributed by atoms with Gasteiger partial charge >= 0.3 is 0 Å². The predicted octanol–water partition coefficient (Wildman–Crippen LogP) is 2.82. The van der Waals surface area contributed by atoms with Gasteiger partial charge in [-0.1, -0.05) is 41.5 Å². The minimum Gasteiger partial charge on any atom is -0.387 e. The third-order valence-electron chi connectivity index (χ3n) is 2.26. The van der Waals surface area contributed by atoms with Crippen LogP contribution < -0.4 is 5.73 Å². The van der Waals surface area contributed by atoms with Crippen molar-refractivity contribution in [1.29, 1.82) is 0 Å². The van der Waals surface area contributed by atoms with Gasteiger partial charge in [-0.15, -0.1) is 0 Å². The van der Waals surface area contributed by atoms with Crippen LogP contribution in [-0.4, -0.2) is 11.9 Å². The number of rotatable bonds is 3. The van der Waals surface area contributed by atoms with Crippen molar-refractivity contribution in [2.45, 2.75) is 54.0 Å². The summed E-state index contributed by atoms with van der Waals surface area (Å²) in [6, 6.07) is 0.374. The van der Waals surface area contributed by atoms with Crippen LogP contribution in [0, 0.1) is 11.3 Å². The van der Waals surface area contributed by atoms with E-state index in [1.807, 2.05) is 0 Å². The Bertz CT molecular complexity index is 175. The molecule has 2 nitrogen and oxygen atoms in total. The maximum atomic E-state index is 5.92. The highest BCUT2D eigenvalue weighted by atomic mass is 14.9. The molecule has 0 aromatic carbocycles. The van der Waals surface area contributed by atoms with Gasteiger partial charge in [0.15, 0.2) is 0 Å². The van der Waals surface area contributed by atoms with Crippen LogP contribution in [0.2, 0.25) is 0 Å². The summed E-state index contributed by atoms with van der Waals surface area (Å²) in [6.45, 7) is 12.8. The standard InChI is InChI=1S/C11H24N2/c1-7-9(8(2)3)13-10(12)11(4,5)6/h8-9H,7H2,1-6H3,(H2,12,13). The zero-order valence-electron chi connectivity index (χ0n) is 9.89. The van der Waals surface area contributed by atoms with Crippen molar-refractivity contribution >= 4 is 5.84 Å². The monoisotopic (exact) mass is 184 g/mol. The molecule has 0 radical (unpaired) electrons. The van der Waals surface area contributed by atoms with Crippen molar-refractivity contribution in [3.8, 4) is 0 Å². The SMILES string of the molecule is CCC(N=C(N)C(C)(C)C)C(C)C. The molecule has 2 heteroatoms. The smallest absolute Gasteiger partial charge is 0.0994 e. The summed E-state index contributed by atoms with van der Waals surface area (Å²) in [5.41, 5.74) is 5.92. The molecule has 78 valence electrons. The Morgan fingerprint density at radius 1 is 1.31 bits per heavy atom. The molecule has 13 heavy (non-hydrogen) atoms. The average molecular weight is 184 g/mol. The van der Waals surface area contributed by atoms with E-state index in [2.05, 4.69) is 46.5 Å². The second-order valence-electron chi connectivity index (χ2n) is 4.98. The Hall–Kier alpha value is -0.530. The van der Waals surface area contributed by atoms with Crippen LogP contribution in [0.1, 0.15) is 48.0 Å². The molecular formula is C11H24N2. The van der Waals surface area contributed by atoms with Crippen LogP contribution in [0.4, 0.5) is 0 Å². The van der Waals surface area contributed by atoms with Gasteiger partial charge in [0.05, 0.1) is 11.9 Å². The number of nitrogens with zero attached hydrogens (tertiary/aromatic N) is 1. The zero-order chi connectivity index (χ0) is 10.6. The summed E-state index contributed by atoms with van der Waals surface area (Å²) in [5.74, 6) is 1.35. The Morgan fingerprint density at radius 3 is 2.00 bits per heavy atom. The van der Waals surface area contributed by atoms with Gasteiger partial charge in [-0.05, 0) is 12.3 Å². The quantitative estimate of drug-likeness (QED) is 0.531. The molecule has 0 aromatic heterocycles. The second kappa shape index (κ2) is 4.64. The van der Waals surface area contributed by atoms with E-state index >= 15 is 0 Å². The normalized spacial score (nSPS) is 16.4. The molecule has 1 atom stereocenters. The van der Waals surface area contributed by atoms with Crippen LogP contribution in [0.25, 0.3) is 0 Å². The van der Waals surface area contributed by atoms with Crippen molar-refractivity contribution in [2.24, 2.45) is 22.1 Å². The molecule has 0 aliphatic rings. The van der Waals surface area contributed by atoms with E-state index in [0.717, 1.165) is 12.3 Å². The lowest BCUT2D eigenvalue weighted by atomic mass is 9.94. The highest BCUT2D eigenvalue weighted by molar-refractivity contribution is 5.85. The lowest BCUT2D eigenvalue weighted by Gasteiger charge is -2.22. The molecule has 0 aliphatic heterocycles. The lowest BCUT2D eigenvalue weighted by molar-refractivity contribution is 0.472. The van der Waals surface area contributed by atoms with E-state index in [0.29, 0.717) is 12.0 Å². The van der Waals surface area contributed by atoms with Crippen molar-refractivity contribution in [3.63, 3.8) is 0 Å². The maximum absolute atomic E-state index is 5.92. The number of nitrogens with two attached hydrogens (primary N) is 1. The molecule has 0 spiro atoms. The number of amidine groups is 1. The molecule has 0 fully saturated rings. The number of hydrogen-bond acceptors (Lipinski definition) is 1. The highest BCUT2D eigenvalue weighted by Crippen LogP contribution is 2.17. The minimum absolute atomic E-state index is 0.00229. The molecular weight excluding hydrogens is 160 g/mol. The Labute approximate surface area is 82.6 Å². The molecule has 1 unspecified atom stereocenters. The first-order chi connectivity index (χ1) is 5.79. The third-order valence-corrected chi connectivity index (χ3v) is 2.26. The summed E-state index contributed by atoms with van der Waals surface area (Å²) in [6.07, 6.45) is 1.06. The predicted molar refractivity (Wildman–Crippen MR) is 60.0 cm³/mol. The first-order valence-corrected chi connectivity index (χ1v) is 5.12.